The molecule has 4 aromatic heterocycles. The van der Waals surface area contributed by atoms with Crippen LogP contribution in [0, 0.1) is 0 Å². The Morgan fingerprint density at radius 3 is 2.60 bits per heavy atom. The number of anilines is 2. The van der Waals surface area contributed by atoms with Gasteiger partial charge in [0.2, 0.25) is 11.8 Å². The van der Waals surface area contributed by atoms with Gasteiger partial charge in [-0.25, -0.2) is 4.79 Å². The van der Waals surface area contributed by atoms with E-state index in [1.807, 2.05) is 73.2 Å². The van der Waals surface area contributed by atoms with Crippen LogP contribution in [0.4, 0.5) is 16.6 Å². The Morgan fingerprint density at radius 2 is 1.81 bits per heavy atom. The first kappa shape index (κ1) is 35.2. The van der Waals surface area contributed by atoms with Crippen molar-refractivity contribution in [2.75, 3.05) is 44.0 Å². The molecule has 5 heterocycles. The van der Waals surface area contributed by atoms with Gasteiger partial charge < -0.3 is 24.6 Å². The summed E-state index contributed by atoms with van der Waals surface area (Å²) in [6, 6.07) is 19.5. The van der Waals surface area contributed by atoms with Crippen LogP contribution >= 0.6 is 0 Å². The van der Waals surface area contributed by atoms with Crippen molar-refractivity contribution >= 4 is 23.4 Å². The van der Waals surface area contributed by atoms with Crippen LogP contribution < -0.4 is 25.0 Å². The number of urea groups is 1. The van der Waals surface area contributed by atoms with Crippen molar-refractivity contribution in [1.29, 1.82) is 0 Å². The van der Waals surface area contributed by atoms with Crippen LogP contribution in [-0.4, -0.2) is 80.1 Å². The Morgan fingerprint density at radius 1 is 0.981 bits per heavy atom. The zero-order valence-electron chi connectivity index (χ0n) is 31.0. The normalized spacial score (nSPS) is 19.1. The number of piperidine rings is 1. The molecule has 1 aliphatic heterocycles. The molecule has 52 heavy (non-hydrogen) atoms. The maximum absolute atomic E-state index is 13.7. The van der Waals surface area contributed by atoms with Crippen LogP contribution in [0.3, 0.4) is 0 Å². The number of likely N-dealkylation sites (N-methyl/N-ethyl adjacent to an activating group) is 1. The molecule has 274 valence electrons. The average Bonchev–Trinajstić information content (AvgIpc) is 3.74. The number of amides is 2. The topological polar surface area (TPSA) is 127 Å². The standard InChI is InChI=1S/C39H50N10O3/c1-26-12-9-10-21-47(26)38-44-43-34-20-17-27(25-48(34)38)52-31-19-18-30(28-13-7-8-14-29(28)31)40-37(50)42-35-24-32(39(2,3)4)45-49(35)33-15-11-16-36(41-33)51-23-22-46(5)6/h7-8,11,13-17,20,24-26,30-31H,9-10,12,18-19,21-23H2,1-6H3,(H2,40,42,50)/t26?,30-,31+/m0/s1. The second kappa shape index (κ2) is 14.8. The van der Waals surface area contributed by atoms with Crippen molar-refractivity contribution < 1.29 is 14.3 Å². The van der Waals surface area contributed by atoms with Crippen LogP contribution in [-0.2, 0) is 5.41 Å². The SMILES string of the molecule is CC1CCCCN1c1nnc2ccc(O[C@@H]3CC[C@H](NC(=O)Nc4cc(C(C)(C)C)nn4-c4cccc(OCCN(C)C)n4)c4ccccc43)cn12. The number of carbonyl (C=O) groups excluding carboxylic acids is 1. The molecule has 13 heteroatoms. The Balaban J connectivity index is 1.07. The third-order valence-electron chi connectivity index (χ3n) is 9.87. The highest BCUT2D eigenvalue weighted by Gasteiger charge is 2.31. The van der Waals surface area contributed by atoms with Gasteiger partial charge >= 0.3 is 6.03 Å². The third kappa shape index (κ3) is 7.69. The van der Waals surface area contributed by atoms with Crippen LogP contribution in [0.2, 0.25) is 0 Å². The highest BCUT2D eigenvalue weighted by atomic mass is 16.5. The number of hydrogen-bond acceptors (Lipinski definition) is 9. The lowest BCUT2D eigenvalue weighted by atomic mass is 9.85. The van der Waals surface area contributed by atoms with Gasteiger partial charge in [-0.3, -0.25) is 9.72 Å². The van der Waals surface area contributed by atoms with E-state index in [2.05, 4.69) is 70.5 Å². The van der Waals surface area contributed by atoms with E-state index in [1.165, 1.54) is 6.42 Å². The Labute approximate surface area is 305 Å². The summed E-state index contributed by atoms with van der Waals surface area (Å²) in [5.74, 6) is 3.19. The Kier molecular flexibility index (Phi) is 10.0. The average molecular weight is 707 g/mol. The molecule has 13 nitrogen and oxygen atoms in total. The molecule has 1 saturated heterocycles. The van der Waals surface area contributed by atoms with E-state index in [0.717, 1.165) is 66.5 Å². The summed E-state index contributed by atoms with van der Waals surface area (Å²) in [6.45, 7) is 10.8. The minimum Gasteiger partial charge on any atom is -0.484 e. The molecule has 0 radical (unpaired) electrons. The zero-order valence-corrected chi connectivity index (χ0v) is 31.0. The summed E-state index contributed by atoms with van der Waals surface area (Å²) in [7, 11) is 4.00. The van der Waals surface area contributed by atoms with Gasteiger partial charge in [-0.15, -0.1) is 10.2 Å². The first-order valence-electron chi connectivity index (χ1n) is 18.3. The van der Waals surface area contributed by atoms with Crippen molar-refractivity contribution in [2.24, 2.45) is 0 Å². The number of fused-ring (bicyclic) bond motifs is 2. The number of rotatable bonds is 10. The second-order valence-electron chi connectivity index (χ2n) is 15.2. The molecule has 3 atom stereocenters. The lowest BCUT2D eigenvalue weighted by Crippen LogP contribution is -2.38. The van der Waals surface area contributed by atoms with Gasteiger partial charge in [-0.1, -0.05) is 51.1 Å². The number of nitrogens with one attached hydrogen (secondary N) is 2. The molecular formula is C39H50N10O3. The van der Waals surface area contributed by atoms with Crippen molar-refractivity contribution in [2.45, 2.75) is 83.4 Å². The molecule has 2 aliphatic rings. The summed E-state index contributed by atoms with van der Waals surface area (Å²) in [4.78, 5) is 22.8. The highest BCUT2D eigenvalue weighted by molar-refractivity contribution is 5.89. The van der Waals surface area contributed by atoms with Gasteiger partial charge in [0.05, 0.1) is 17.9 Å². The van der Waals surface area contributed by atoms with E-state index in [1.54, 1.807) is 4.68 Å². The van der Waals surface area contributed by atoms with Crippen molar-refractivity contribution in [1.82, 2.24) is 39.6 Å². The molecule has 0 saturated carbocycles. The number of nitrogens with zero attached hydrogens (tertiary/aromatic N) is 8. The summed E-state index contributed by atoms with van der Waals surface area (Å²) in [5.41, 5.74) is 3.47. The van der Waals surface area contributed by atoms with E-state index in [0.29, 0.717) is 36.6 Å². The number of carbonyl (C=O) groups is 1. The molecular weight excluding hydrogens is 656 g/mol. The zero-order chi connectivity index (χ0) is 36.4. The number of hydrogen-bond donors (Lipinski definition) is 2. The van der Waals surface area contributed by atoms with Crippen LogP contribution in [0.5, 0.6) is 11.6 Å². The van der Waals surface area contributed by atoms with Crippen molar-refractivity contribution in [3.05, 3.63) is 83.7 Å². The van der Waals surface area contributed by atoms with Crippen LogP contribution in [0.15, 0.2) is 66.9 Å². The summed E-state index contributed by atoms with van der Waals surface area (Å²) >= 11 is 0. The Bertz CT molecular complexity index is 2010. The van der Waals surface area contributed by atoms with E-state index >= 15 is 0 Å². The number of aromatic nitrogens is 6. The highest BCUT2D eigenvalue weighted by Crippen LogP contribution is 2.39. The lowest BCUT2D eigenvalue weighted by Gasteiger charge is -2.33. The number of benzene rings is 1. The van der Waals surface area contributed by atoms with Gasteiger partial charge in [-0.05, 0) is 82.4 Å². The van der Waals surface area contributed by atoms with Crippen LogP contribution in [0.25, 0.3) is 11.5 Å². The minimum absolute atomic E-state index is 0.169. The fourth-order valence-electron chi connectivity index (χ4n) is 6.96. The first-order valence-corrected chi connectivity index (χ1v) is 18.3. The summed E-state index contributed by atoms with van der Waals surface area (Å²) in [5, 5.41) is 20.1. The monoisotopic (exact) mass is 706 g/mol. The molecule has 7 rings (SSSR count). The minimum atomic E-state index is -0.323. The van der Waals surface area contributed by atoms with E-state index in [9.17, 15) is 4.79 Å². The van der Waals surface area contributed by atoms with Crippen LogP contribution in [0.1, 0.15) is 88.8 Å². The van der Waals surface area contributed by atoms with Gasteiger partial charge in [0.1, 0.15) is 24.3 Å². The molecule has 0 spiro atoms. The molecule has 2 amide bonds. The van der Waals surface area contributed by atoms with Gasteiger partial charge in [-0.2, -0.15) is 14.8 Å². The van der Waals surface area contributed by atoms with Gasteiger partial charge in [0, 0.05) is 36.7 Å². The largest absolute Gasteiger partial charge is 0.484 e. The maximum atomic E-state index is 13.7. The van der Waals surface area contributed by atoms with E-state index < -0.39 is 0 Å². The number of pyridine rings is 2. The molecule has 1 aromatic carbocycles. The molecule has 1 unspecified atom stereocenters. The van der Waals surface area contributed by atoms with E-state index in [4.69, 9.17) is 19.6 Å². The smallest absolute Gasteiger partial charge is 0.320 e. The van der Waals surface area contributed by atoms with Crippen molar-refractivity contribution in [3.63, 3.8) is 0 Å². The number of ether oxygens (including phenoxy) is 2. The summed E-state index contributed by atoms with van der Waals surface area (Å²) in [6.07, 6.45) is 6.82. The maximum Gasteiger partial charge on any atom is 0.320 e. The first-order chi connectivity index (χ1) is 25.0. The fraction of sp³-hybridized carbons (Fsp3) is 0.462. The second-order valence-corrected chi connectivity index (χ2v) is 15.2. The van der Waals surface area contributed by atoms with Crippen molar-refractivity contribution in [3.8, 4) is 17.4 Å². The van der Waals surface area contributed by atoms with Gasteiger partial charge in [0.15, 0.2) is 11.5 Å². The van der Waals surface area contributed by atoms with Gasteiger partial charge in [0.25, 0.3) is 0 Å². The Hall–Kier alpha value is -5.17. The lowest BCUT2D eigenvalue weighted by molar-refractivity contribution is 0.171. The quantitative estimate of drug-likeness (QED) is 0.163. The molecule has 1 aliphatic carbocycles. The third-order valence-corrected chi connectivity index (χ3v) is 9.87. The molecule has 0 bridgehead atoms. The molecule has 1 fully saturated rings. The summed E-state index contributed by atoms with van der Waals surface area (Å²) < 4.78 is 16.3. The predicted octanol–water partition coefficient (Wildman–Crippen LogP) is 6.70. The predicted molar refractivity (Wildman–Crippen MR) is 202 cm³/mol. The molecule has 2 N–H and O–H groups in total. The molecule has 5 aromatic rings. The fourth-order valence-corrected chi connectivity index (χ4v) is 6.96. The van der Waals surface area contributed by atoms with E-state index in [-0.39, 0.29) is 23.6 Å².